The predicted octanol–water partition coefficient (Wildman–Crippen LogP) is 4.12. The molecule has 1 aliphatic rings. The molecule has 0 radical (unpaired) electrons. The van der Waals surface area contributed by atoms with E-state index in [1.165, 1.54) is 0 Å². The maximum Gasteiger partial charge on any atom is 0.255 e. The Hall–Kier alpha value is -3.42. The van der Waals surface area contributed by atoms with Gasteiger partial charge in [-0.05, 0) is 66.6 Å². The van der Waals surface area contributed by atoms with E-state index in [0.29, 0.717) is 5.56 Å². The van der Waals surface area contributed by atoms with Crippen LogP contribution in [-0.2, 0) is 6.54 Å². The Balaban J connectivity index is 1.42. The maximum atomic E-state index is 13.0. The summed E-state index contributed by atoms with van der Waals surface area (Å²) in [4.78, 5) is 22.9. The summed E-state index contributed by atoms with van der Waals surface area (Å²) in [5, 5.41) is 14.2. The van der Waals surface area contributed by atoms with Gasteiger partial charge in [0.2, 0.25) is 0 Å². The minimum absolute atomic E-state index is 0.147. The highest BCUT2D eigenvalue weighted by Gasteiger charge is 2.24. The molecule has 2 atom stereocenters. The number of carbonyl (C=O) groups excluding carboxylic acids is 1. The maximum absolute atomic E-state index is 13.0. The third kappa shape index (κ3) is 4.69. The van der Waals surface area contributed by atoms with E-state index in [0.717, 1.165) is 59.6 Å². The number of H-pyrrole nitrogens is 1. The van der Waals surface area contributed by atoms with Crippen LogP contribution in [0.25, 0.3) is 16.6 Å². The average Bonchev–Trinajstić information content (AvgIpc) is 3.44. The number of imidazole rings is 1. The highest BCUT2D eigenvalue weighted by Crippen LogP contribution is 2.24. The molecule has 7 heteroatoms. The number of hydrogen-bond acceptors (Lipinski definition) is 4. The van der Waals surface area contributed by atoms with Crippen LogP contribution in [0.2, 0.25) is 0 Å². The molecule has 1 fully saturated rings. The molecule has 0 saturated carbocycles. The van der Waals surface area contributed by atoms with Crippen molar-refractivity contribution in [2.45, 2.75) is 32.9 Å². The van der Waals surface area contributed by atoms with Crippen molar-refractivity contribution < 1.29 is 9.90 Å². The van der Waals surface area contributed by atoms with Gasteiger partial charge in [0, 0.05) is 54.5 Å². The molecule has 0 bridgehead atoms. The van der Waals surface area contributed by atoms with Gasteiger partial charge in [-0.2, -0.15) is 0 Å². The van der Waals surface area contributed by atoms with Crippen LogP contribution in [0.3, 0.4) is 0 Å². The van der Waals surface area contributed by atoms with Gasteiger partial charge in [-0.15, -0.1) is 0 Å². The number of aromatic amines is 1. The minimum Gasteiger partial charge on any atom is -0.393 e. The molecule has 7 nitrogen and oxygen atoms in total. The fourth-order valence-electron chi connectivity index (χ4n) is 4.56. The number of fused-ring (bicyclic) bond motifs is 1. The van der Waals surface area contributed by atoms with Gasteiger partial charge in [0.25, 0.3) is 5.91 Å². The molecule has 1 amide bonds. The number of rotatable bonds is 5. The molecule has 4 aromatic rings. The molecule has 1 saturated heterocycles. The van der Waals surface area contributed by atoms with Crippen molar-refractivity contribution in [1.29, 1.82) is 0 Å². The Morgan fingerprint density at radius 3 is 2.91 bits per heavy atom. The summed E-state index contributed by atoms with van der Waals surface area (Å²) in [6.45, 7) is 6.52. The number of carbonyl (C=O) groups is 1. The van der Waals surface area contributed by atoms with Crippen LogP contribution in [0.4, 0.5) is 5.69 Å². The van der Waals surface area contributed by atoms with Crippen molar-refractivity contribution in [2.75, 3.05) is 18.4 Å². The number of aliphatic hydroxyl groups is 1. The van der Waals surface area contributed by atoms with E-state index in [4.69, 9.17) is 0 Å². The van der Waals surface area contributed by atoms with Gasteiger partial charge in [-0.3, -0.25) is 9.69 Å². The number of hydrogen-bond donors (Lipinski definition) is 3. The van der Waals surface area contributed by atoms with Crippen LogP contribution in [0, 0.1) is 12.8 Å². The monoisotopic (exact) mass is 443 g/mol. The molecule has 2 aromatic heterocycles. The lowest BCUT2D eigenvalue weighted by molar-refractivity contribution is 0.0320. The number of likely N-dealkylation sites (tertiary alicyclic amines) is 1. The normalized spacial score (nSPS) is 19.1. The molecule has 0 aliphatic carbocycles. The van der Waals surface area contributed by atoms with Crippen molar-refractivity contribution >= 4 is 22.5 Å². The number of nitrogens with zero attached hydrogens (tertiary/aromatic N) is 3. The number of aromatic nitrogens is 3. The minimum atomic E-state index is -0.228. The van der Waals surface area contributed by atoms with E-state index in [2.05, 4.69) is 33.2 Å². The number of benzene rings is 2. The Kier molecular flexibility index (Phi) is 5.74. The van der Waals surface area contributed by atoms with Gasteiger partial charge < -0.3 is 20.0 Å². The Labute approximate surface area is 193 Å². The summed E-state index contributed by atoms with van der Waals surface area (Å²) >= 11 is 0. The molecule has 3 N–H and O–H groups in total. The number of piperidine rings is 1. The molecule has 1 aliphatic heterocycles. The lowest BCUT2D eigenvalue weighted by atomic mass is 9.96. The smallest absolute Gasteiger partial charge is 0.255 e. The second-order valence-electron chi connectivity index (χ2n) is 9.11. The zero-order valence-corrected chi connectivity index (χ0v) is 19.0. The van der Waals surface area contributed by atoms with E-state index in [1.807, 2.05) is 60.3 Å². The van der Waals surface area contributed by atoms with E-state index >= 15 is 0 Å². The van der Waals surface area contributed by atoms with Crippen molar-refractivity contribution in [3.05, 3.63) is 78.0 Å². The SMILES string of the molecule is Cc1cn(-c2cc(CN3CCC(O)C(C)C3)cc(NC(=O)c3ccc4cc[nH]c4c3)c2)cn1. The Bertz CT molecular complexity index is 1290. The first kappa shape index (κ1) is 21.4. The molecule has 0 spiro atoms. The third-order valence-corrected chi connectivity index (χ3v) is 6.41. The fraction of sp³-hybridized carbons (Fsp3) is 0.308. The molecule has 170 valence electrons. The number of nitrogens with one attached hydrogen (secondary N) is 2. The van der Waals surface area contributed by atoms with Gasteiger partial charge in [-0.1, -0.05) is 13.0 Å². The first-order valence-electron chi connectivity index (χ1n) is 11.4. The lowest BCUT2D eigenvalue weighted by Crippen LogP contribution is -2.41. The summed E-state index contributed by atoms with van der Waals surface area (Å²) in [5.41, 5.74) is 5.28. The van der Waals surface area contributed by atoms with E-state index < -0.39 is 0 Å². The molecule has 2 aromatic carbocycles. The Morgan fingerprint density at radius 1 is 1.24 bits per heavy atom. The van der Waals surface area contributed by atoms with Crippen LogP contribution in [-0.4, -0.2) is 49.6 Å². The van der Waals surface area contributed by atoms with Crippen molar-refractivity contribution in [3.8, 4) is 5.69 Å². The molecule has 33 heavy (non-hydrogen) atoms. The number of aryl methyl sites for hydroxylation is 1. The van der Waals surface area contributed by atoms with Crippen LogP contribution < -0.4 is 5.32 Å². The summed E-state index contributed by atoms with van der Waals surface area (Å²) in [6, 6.07) is 13.8. The van der Waals surface area contributed by atoms with Gasteiger partial charge in [0.05, 0.1) is 18.1 Å². The van der Waals surface area contributed by atoms with Gasteiger partial charge >= 0.3 is 0 Å². The molecule has 2 unspecified atom stereocenters. The number of amides is 1. The summed E-state index contributed by atoms with van der Waals surface area (Å²) in [6.07, 6.45) is 6.19. The summed E-state index contributed by atoms with van der Waals surface area (Å²) < 4.78 is 1.97. The largest absolute Gasteiger partial charge is 0.393 e. The second-order valence-corrected chi connectivity index (χ2v) is 9.11. The van der Waals surface area contributed by atoms with Crippen molar-refractivity contribution in [1.82, 2.24) is 19.4 Å². The highest BCUT2D eigenvalue weighted by atomic mass is 16.3. The Morgan fingerprint density at radius 2 is 2.12 bits per heavy atom. The second kappa shape index (κ2) is 8.84. The molecular weight excluding hydrogens is 414 g/mol. The number of anilines is 1. The fourth-order valence-corrected chi connectivity index (χ4v) is 4.56. The quantitative estimate of drug-likeness (QED) is 0.433. The lowest BCUT2D eigenvalue weighted by Gasteiger charge is -2.34. The predicted molar refractivity (Wildman–Crippen MR) is 130 cm³/mol. The highest BCUT2D eigenvalue weighted by molar-refractivity contribution is 6.06. The number of aliphatic hydroxyl groups excluding tert-OH is 1. The van der Waals surface area contributed by atoms with E-state index in [9.17, 15) is 9.90 Å². The zero-order valence-electron chi connectivity index (χ0n) is 19.0. The molecular formula is C26H29N5O2. The van der Waals surface area contributed by atoms with Crippen molar-refractivity contribution in [2.24, 2.45) is 5.92 Å². The molecule has 5 rings (SSSR count). The average molecular weight is 444 g/mol. The van der Waals surface area contributed by atoms with Gasteiger partial charge in [0.1, 0.15) is 0 Å². The third-order valence-electron chi connectivity index (χ3n) is 6.41. The first-order chi connectivity index (χ1) is 15.9. The molecule has 3 heterocycles. The van der Waals surface area contributed by atoms with Crippen LogP contribution >= 0.6 is 0 Å². The van der Waals surface area contributed by atoms with E-state index in [-0.39, 0.29) is 17.9 Å². The topological polar surface area (TPSA) is 86.2 Å². The summed E-state index contributed by atoms with van der Waals surface area (Å²) in [7, 11) is 0. The van der Waals surface area contributed by atoms with Crippen molar-refractivity contribution in [3.63, 3.8) is 0 Å². The zero-order chi connectivity index (χ0) is 22.9. The van der Waals surface area contributed by atoms with Crippen LogP contribution in [0.15, 0.2) is 61.2 Å². The summed E-state index contributed by atoms with van der Waals surface area (Å²) in [5.74, 6) is 0.103. The first-order valence-corrected chi connectivity index (χ1v) is 11.4. The van der Waals surface area contributed by atoms with Gasteiger partial charge in [0.15, 0.2) is 0 Å². The van der Waals surface area contributed by atoms with Crippen LogP contribution in [0.5, 0.6) is 0 Å². The standard InChI is InChI=1S/C26H29N5O2/c1-17-13-30(8-6-25(17)32)15-19-9-22(12-23(10-19)31-14-18(2)28-16-31)29-26(33)21-4-3-20-5-7-27-24(20)11-21/h3-5,7,9-12,14,16-17,25,27,32H,6,8,13,15H2,1-2H3,(H,29,33). The van der Waals surface area contributed by atoms with E-state index in [1.54, 1.807) is 6.33 Å². The van der Waals surface area contributed by atoms with Crippen LogP contribution in [0.1, 0.15) is 35.0 Å². The van der Waals surface area contributed by atoms with Gasteiger partial charge in [-0.25, -0.2) is 4.98 Å².